The molecule has 0 aliphatic heterocycles. The van der Waals surface area contributed by atoms with Crippen molar-refractivity contribution in [2.24, 2.45) is 5.16 Å². The van der Waals surface area contributed by atoms with Crippen LogP contribution in [-0.2, 0) is 11.4 Å². The van der Waals surface area contributed by atoms with E-state index in [9.17, 15) is 8.78 Å². The lowest BCUT2D eigenvalue weighted by Crippen LogP contribution is -2.04. The Hall–Kier alpha value is -3.73. The van der Waals surface area contributed by atoms with Gasteiger partial charge >= 0.3 is 0 Å². The number of benzene rings is 3. The number of para-hydroxylation sites is 1. The molecule has 156 valence electrons. The van der Waals surface area contributed by atoms with Gasteiger partial charge in [-0.1, -0.05) is 65.8 Å². The van der Waals surface area contributed by atoms with E-state index in [0.717, 1.165) is 22.5 Å². The number of hydrogen-bond acceptors (Lipinski definition) is 2. The topological polar surface area (TPSA) is 26.5 Å². The van der Waals surface area contributed by atoms with Crippen LogP contribution < -0.4 is 0 Å². The Kier molecular flexibility index (Phi) is 5.94. The van der Waals surface area contributed by atoms with Crippen LogP contribution in [0.3, 0.4) is 0 Å². The van der Waals surface area contributed by atoms with Gasteiger partial charge in [-0.25, -0.2) is 8.78 Å². The molecule has 0 saturated carbocycles. The Morgan fingerprint density at radius 3 is 2.23 bits per heavy atom. The molecule has 0 radical (unpaired) electrons. The van der Waals surface area contributed by atoms with Crippen molar-refractivity contribution < 1.29 is 13.6 Å². The quantitative estimate of drug-likeness (QED) is 0.255. The highest BCUT2D eigenvalue weighted by Gasteiger charge is 2.18. The summed E-state index contributed by atoms with van der Waals surface area (Å²) in [7, 11) is 0. The molecule has 5 heteroatoms. The van der Waals surface area contributed by atoms with Crippen molar-refractivity contribution in [2.75, 3.05) is 0 Å². The predicted molar refractivity (Wildman–Crippen MR) is 119 cm³/mol. The van der Waals surface area contributed by atoms with Gasteiger partial charge < -0.3 is 9.40 Å². The Balaban J connectivity index is 1.73. The smallest absolute Gasteiger partial charge is 0.147 e. The zero-order valence-electron chi connectivity index (χ0n) is 17.3. The average Bonchev–Trinajstić information content (AvgIpc) is 3.13. The van der Waals surface area contributed by atoms with Crippen LogP contribution in [0.1, 0.15) is 23.7 Å². The van der Waals surface area contributed by atoms with E-state index in [-0.39, 0.29) is 18.2 Å². The van der Waals surface area contributed by atoms with Crippen LogP contribution in [0.15, 0.2) is 90.1 Å². The summed E-state index contributed by atoms with van der Waals surface area (Å²) in [4.78, 5) is 5.42. The molecule has 0 amide bonds. The van der Waals surface area contributed by atoms with E-state index in [4.69, 9.17) is 4.84 Å². The molecule has 0 bridgehead atoms. The van der Waals surface area contributed by atoms with E-state index < -0.39 is 0 Å². The predicted octanol–water partition coefficient (Wildman–Crippen LogP) is 6.67. The summed E-state index contributed by atoms with van der Waals surface area (Å²) in [5.41, 5.74) is 4.99. The molecule has 4 aromatic rings. The molecule has 0 N–H and O–H groups in total. The average molecular weight is 416 g/mol. The third-order valence-electron chi connectivity index (χ3n) is 5.18. The number of oxime groups is 1. The lowest BCUT2D eigenvalue weighted by Gasteiger charge is -2.13. The van der Waals surface area contributed by atoms with E-state index in [0.29, 0.717) is 17.0 Å². The van der Waals surface area contributed by atoms with Gasteiger partial charge in [-0.2, -0.15) is 0 Å². The SMILES string of the molecule is C/C(=N\OCc1ccccc1F)c1cc(-c2ccccc2)n(-c2ccccc2F)c1C. The first-order valence-electron chi connectivity index (χ1n) is 9.99. The van der Waals surface area contributed by atoms with Crippen LogP contribution >= 0.6 is 0 Å². The second-order valence-electron chi connectivity index (χ2n) is 7.22. The molecule has 0 atom stereocenters. The summed E-state index contributed by atoms with van der Waals surface area (Å²) in [6, 6.07) is 24.9. The van der Waals surface area contributed by atoms with Crippen molar-refractivity contribution in [3.05, 3.63) is 113 Å². The van der Waals surface area contributed by atoms with Gasteiger partial charge in [0.1, 0.15) is 18.2 Å². The van der Waals surface area contributed by atoms with E-state index >= 15 is 0 Å². The monoisotopic (exact) mass is 416 g/mol. The molecule has 1 heterocycles. The lowest BCUT2D eigenvalue weighted by molar-refractivity contribution is 0.128. The van der Waals surface area contributed by atoms with Gasteiger partial charge in [-0.05, 0) is 43.7 Å². The summed E-state index contributed by atoms with van der Waals surface area (Å²) in [6.07, 6.45) is 0. The van der Waals surface area contributed by atoms with Crippen LogP contribution in [-0.4, -0.2) is 10.3 Å². The molecule has 0 fully saturated rings. The van der Waals surface area contributed by atoms with E-state index in [1.165, 1.54) is 12.1 Å². The normalized spacial score (nSPS) is 11.5. The van der Waals surface area contributed by atoms with Gasteiger partial charge in [0.05, 0.1) is 17.1 Å². The number of nitrogens with zero attached hydrogens (tertiary/aromatic N) is 2. The minimum Gasteiger partial charge on any atom is -0.391 e. The van der Waals surface area contributed by atoms with Crippen LogP contribution in [0.4, 0.5) is 8.78 Å². The molecule has 4 rings (SSSR count). The largest absolute Gasteiger partial charge is 0.391 e. The molecule has 31 heavy (non-hydrogen) atoms. The molecule has 3 nitrogen and oxygen atoms in total. The fourth-order valence-corrected chi connectivity index (χ4v) is 3.60. The second-order valence-corrected chi connectivity index (χ2v) is 7.22. The number of halogens is 2. The fourth-order valence-electron chi connectivity index (χ4n) is 3.60. The lowest BCUT2D eigenvalue weighted by atomic mass is 10.1. The van der Waals surface area contributed by atoms with Gasteiger partial charge in [0, 0.05) is 16.8 Å². The van der Waals surface area contributed by atoms with E-state index in [2.05, 4.69) is 5.16 Å². The maximum Gasteiger partial charge on any atom is 0.147 e. The van der Waals surface area contributed by atoms with Crippen LogP contribution in [0.2, 0.25) is 0 Å². The standard InChI is InChI=1S/C26H22F2N2O/c1-18(29-31-17-21-12-6-7-13-23(21)27)22-16-26(20-10-4-3-5-11-20)30(19(22)2)25-15-9-8-14-24(25)28/h3-16H,17H2,1-2H3/b29-18+. The van der Waals surface area contributed by atoms with Crippen LogP contribution in [0, 0.1) is 18.6 Å². The molecule has 0 aliphatic carbocycles. The maximum absolute atomic E-state index is 14.7. The van der Waals surface area contributed by atoms with Gasteiger partial charge in [-0.15, -0.1) is 0 Å². The fraction of sp³-hybridized carbons (Fsp3) is 0.115. The van der Waals surface area contributed by atoms with Crippen molar-refractivity contribution in [2.45, 2.75) is 20.5 Å². The minimum atomic E-state index is -0.330. The first kappa shape index (κ1) is 20.5. The van der Waals surface area contributed by atoms with Crippen molar-refractivity contribution in [1.82, 2.24) is 4.57 Å². The van der Waals surface area contributed by atoms with Crippen molar-refractivity contribution in [1.29, 1.82) is 0 Å². The van der Waals surface area contributed by atoms with E-state index in [1.54, 1.807) is 30.3 Å². The summed E-state index contributed by atoms with van der Waals surface area (Å²) < 4.78 is 30.4. The summed E-state index contributed by atoms with van der Waals surface area (Å²) in [5.74, 6) is -0.640. The first-order valence-corrected chi connectivity index (χ1v) is 9.99. The summed E-state index contributed by atoms with van der Waals surface area (Å²) >= 11 is 0. The molecule has 0 unspecified atom stereocenters. The zero-order valence-corrected chi connectivity index (χ0v) is 17.3. The highest BCUT2D eigenvalue weighted by molar-refractivity contribution is 6.01. The molecule has 3 aromatic carbocycles. The Bertz CT molecular complexity index is 1230. The zero-order chi connectivity index (χ0) is 21.8. The molecule has 0 saturated heterocycles. The highest BCUT2D eigenvalue weighted by Crippen LogP contribution is 2.31. The summed E-state index contributed by atoms with van der Waals surface area (Å²) in [5, 5.41) is 4.20. The Morgan fingerprint density at radius 1 is 0.871 bits per heavy atom. The molecular weight excluding hydrogens is 394 g/mol. The highest BCUT2D eigenvalue weighted by atomic mass is 19.1. The summed E-state index contributed by atoms with van der Waals surface area (Å²) in [6.45, 7) is 3.77. The second kappa shape index (κ2) is 8.96. The number of hydrogen-bond donors (Lipinski definition) is 0. The molecule has 0 spiro atoms. The molecule has 1 aromatic heterocycles. The number of aromatic nitrogens is 1. The van der Waals surface area contributed by atoms with Crippen LogP contribution in [0.25, 0.3) is 16.9 Å². The third-order valence-corrected chi connectivity index (χ3v) is 5.18. The van der Waals surface area contributed by atoms with Gasteiger partial charge in [-0.3, -0.25) is 0 Å². The maximum atomic E-state index is 14.7. The van der Waals surface area contributed by atoms with Gasteiger partial charge in [0.15, 0.2) is 0 Å². The van der Waals surface area contributed by atoms with Crippen molar-refractivity contribution in [3.8, 4) is 16.9 Å². The Morgan fingerprint density at radius 2 is 1.52 bits per heavy atom. The van der Waals surface area contributed by atoms with Crippen molar-refractivity contribution >= 4 is 5.71 Å². The van der Waals surface area contributed by atoms with Gasteiger partial charge in [0.2, 0.25) is 0 Å². The molecular formula is C26H22F2N2O. The minimum absolute atomic E-state index is 0.0304. The third kappa shape index (κ3) is 4.26. The number of rotatable bonds is 6. The van der Waals surface area contributed by atoms with Crippen LogP contribution in [0.5, 0.6) is 0 Å². The Labute approximate surface area is 180 Å². The van der Waals surface area contributed by atoms with Gasteiger partial charge in [0.25, 0.3) is 0 Å². The van der Waals surface area contributed by atoms with Crippen molar-refractivity contribution in [3.63, 3.8) is 0 Å². The molecule has 0 aliphatic rings. The first-order chi connectivity index (χ1) is 15.1. The van der Waals surface area contributed by atoms with E-state index in [1.807, 2.05) is 60.9 Å².